The third-order valence-corrected chi connectivity index (χ3v) is 5.96. The van der Waals surface area contributed by atoms with Gasteiger partial charge in [0.25, 0.3) is 5.89 Å². The number of furan rings is 1. The predicted octanol–water partition coefficient (Wildman–Crippen LogP) is 4.18. The summed E-state index contributed by atoms with van der Waals surface area (Å²) >= 11 is 3.29. The van der Waals surface area contributed by atoms with Crippen LogP contribution in [-0.2, 0) is 6.54 Å². The molecule has 0 saturated carbocycles. The van der Waals surface area contributed by atoms with Gasteiger partial charge >= 0.3 is 0 Å². The van der Waals surface area contributed by atoms with E-state index in [1.807, 2.05) is 12.1 Å². The second kappa shape index (κ2) is 8.67. The first-order valence-corrected chi connectivity index (χ1v) is 10.6. The molecule has 4 heterocycles. The van der Waals surface area contributed by atoms with Crippen molar-refractivity contribution in [2.24, 2.45) is 5.92 Å². The van der Waals surface area contributed by atoms with Gasteiger partial charge in [0.1, 0.15) is 0 Å². The molecule has 0 N–H and O–H groups in total. The molecule has 4 rings (SSSR count). The first-order valence-electron chi connectivity index (χ1n) is 9.79. The minimum atomic E-state index is 0.446. The minimum absolute atomic E-state index is 0.446. The van der Waals surface area contributed by atoms with Gasteiger partial charge in [-0.2, -0.15) is 0 Å². The van der Waals surface area contributed by atoms with Gasteiger partial charge in [-0.1, -0.05) is 12.8 Å². The topological polar surface area (TPSA) is 58.5 Å². The molecular weight excluding hydrogens is 396 g/mol. The quantitative estimate of drug-likeness (QED) is 0.719. The molecule has 2 aromatic rings. The van der Waals surface area contributed by atoms with E-state index in [4.69, 9.17) is 8.83 Å². The second-order valence-corrected chi connectivity index (χ2v) is 8.32. The van der Waals surface area contributed by atoms with Crippen molar-refractivity contribution in [3.8, 4) is 11.7 Å². The summed E-state index contributed by atoms with van der Waals surface area (Å²) in [6.07, 6.45) is 8.12. The second-order valence-electron chi connectivity index (χ2n) is 7.54. The van der Waals surface area contributed by atoms with Crippen LogP contribution in [0.25, 0.3) is 11.7 Å². The summed E-state index contributed by atoms with van der Waals surface area (Å²) in [5.41, 5.74) is 0. The monoisotopic (exact) mass is 422 g/mol. The lowest BCUT2D eigenvalue weighted by atomic mass is 9.96. The standard InChI is InChI=1S/C19H27BrN4O2/c20-17-6-5-16(25-17)19-22-21-18(26-19)14-24-11-7-15(8-12-24)13-23-9-3-1-2-4-10-23/h5-6,15H,1-4,7-14H2. The molecular formula is C19H27BrN4O2. The third kappa shape index (κ3) is 4.75. The van der Waals surface area contributed by atoms with Crippen molar-refractivity contribution in [2.45, 2.75) is 45.1 Å². The predicted molar refractivity (Wildman–Crippen MR) is 103 cm³/mol. The van der Waals surface area contributed by atoms with E-state index in [0.717, 1.165) is 25.6 Å². The van der Waals surface area contributed by atoms with E-state index in [-0.39, 0.29) is 0 Å². The summed E-state index contributed by atoms with van der Waals surface area (Å²) in [5.74, 6) is 2.55. The Labute approximate surface area is 163 Å². The van der Waals surface area contributed by atoms with Gasteiger partial charge in [0.05, 0.1) is 6.54 Å². The van der Waals surface area contributed by atoms with Gasteiger partial charge in [0.2, 0.25) is 5.89 Å². The number of halogens is 1. The maximum absolute atomic E-state index is 5.76. The molecule has 26 heavy (non-hydrogen) atoms. The number of aromatic nitrogens is 2. The Morgan fingerprint density at radius 2 is 1.69 bits per heavy atom. The van der Waals surface area contributed by atoms with Crippen LogP contribution >= 0.6 is 15.9 Å². The minimum Gasteiger partial charge on any atom is -0.444 e. The molecule has 2 aliphatic rings. The highest BCUT2D eigenvalue weighted by Crippen LogP contribution is 2.25. The van der Waals surface area contributed by atoms with Gasteiger partial charge in [-0.05, 0) is 85.8 Å². The van der Waals surface area contributed by atoms with Crippen LogP contribution in [0.4, 0.5) is 0 Å². The van der Waals surface area contributed by atoms with E-state index < -0.39 is 0 Å². The zero-order valence-corrected chi connectivity index (χ0v) is 16.8. The molecule has 0 atom stereocenters. The van der Waals surface area contributed by atoms with Crippen LogP contribution in [0.1, 0.15) is 44.4 Å². The van der Waals surface area contributed by atoms with Crippen LogP contribution in [-0.4, -0.2) is 52.7 Å². The van der Waals surface area contributed by atoms with Crippen molar-refractivity contribution >= 4 is 15.9 Å². The molecule has 2 saturated heterocycles. The van der Waals surface area contributed by atoms with E-state index in [9.17, 15) is 0 Å². The van der Waals surface area contributed by atoms with E-state index in [0.29, 0.717) is 22.2 Å². The van der Waals surface area contributed by atoms with Crippen molar-refractivity contribution in [3.63, 3.8) is 0 Å². The lowest BCUT2D eigenvalue weighted by Gasteiger charge is -2.34. The summed E-state index contributed by atoms with van der Waals surface area (Å²) in [4.78, 5) is 5.12. The first-order chi connectivity index (χ1) is 12.8. The molecule has 2 aliphatic heterocycles. The molecule has 2 aromatic heterocycles. The Bertz CT molecular complexity index is 685. The SMILES string of the molecule is Brc1ccc(-c2nnc(CN3CCC(CN4CCCCCC4)CC3)o2)o1. The van der Waals surface area contributed by atoms with E-state index in [1.165, 1.54) is 58.2 Å². The largest absolute Gasteiger partial charge is 0.444 e. The Hall–Kier alpha value is -1.18. The molecule has 0 spiro atoms. The normalized spacial score (nSPS) is 21.1. The van der Waals surface area contributed by atoms with Gasteiger partial charge in [-0.15, -0.1) is 10.2 Å². The summed E-state index contributed by atoms with van der Waals surface area (Å²) in [6, 6.07) is 3.66. The third-order valence-electron chi connectivity index (χ3n) is 5.53. The lowest BCUT2D eigenvalue weighted by molar-refractivity contribution is 0.133. The molecule has 7 heteroatoms. The number of piperidine rings is 1. The highest BCUT2D eigenvalue weighted by Gasteiger charge is 2.23. The summed E-state index contributed by atoms with van der Waals surface area (Å²) < 4.78 is 11.9. The summed E-state index contributed by atoms with van der Waals surface area (Å²) in [7, 11) is 0. The maximum atomic E-state index is 5.76. The molecule has 2 fully saturated rings. The van der Waals surface area contributed by atoms with Gasteiger partial charge < -0.3 is 13.7 Å². The molecule has 0 radical (unpaired) electrons. The molecule has 0 aromatic carbocycles. The number of hydrogen-bond acceptors (Lipinski definition) is 6. The van der Waals surface area contributed by atoms with Crippen LogP contribution in [0.15, 0.2) is 25.6 Å². The van der Waals surface area contributed by atoms with Gasteiger partial charge in [0, 0.05) is 6.54 Å². The van der Waals surface area contributed by atoms with Crippen molar-refractivity contribution in [1.82, 2.24) is 20.0 Å². The van der Waals surface area contributed by atoms with Crippen LogP contribution in [0.2, 0.25) is 0 Å². The smallest absolute Gasteiger partial charge is 0.283 e. The molecule has 6 nitrogen and oxygen atoms in total. The Morgan fingerprint density at radius 1 is 0.923 bits per heavy atom. The fourth-order valence-corrected chi connectivity index (χ4v) is 4.36. The first kappa shape index (κ1) is 18.2. The van der Waals surface area contributed by atoms with Crippen molar-refractivity contribution in [3.05, 3.63) is 22.7 Å². The number of hydrogen-bond donors (Lipinski definition) is 0. The molecule has 0 bridgehead atoms. The number of likely N-dealkylation sites (tertiary alicyclic amines) is 2. The lowest BCUT2D eigenvalue weighted by Crippen LogP contribution is -2.38. The van der Waals surface area contributed by atoms with Crippen LogP contribution < -0.4 is 0 Å². The Kier molecular flexibility index (Phi) is 6.07. The highest BCUT2D eigenvalue weighted by atomic mass is 79.9. The number of nitrogens with zero attached hydrogens (tertiary/aromatic N) is 4. The van der Waals surface area contributed by atoms with Crippen molar-refractivity contribution in [2.75, 3.05) is 32.7 Å². The summed E-state index contributed by atoms with van der Waals surface area (Å²) in [6.45, 7) is 6.84. The highest BCUT2D eigenvalue weighted by molar-refractivity contribution is 9.10. The average Bonchev–Trinajstić information content (AvgIpc) is 3.20. The van der Waals surface area contributed by atoms with Gasteiger partial charge in [-0.3, -0.25) is 4.90 Å². The number of rotatable bonds is 5. The fraction of sp³-hybridized carbons (Fsp3) is 0.684. The Balaban J connectivity index is 1.24. The van der Waals surface area contributed by atoms with Gasteiger partial charge in [0.15, 0.2) is 10.4 Å². The van der Waals surface area contributed by atoms with Crippen molar-refractivity contribution < 1.29 is 8.83 Å². The van der Waals surface area contributed by atoms with E-state index >= 15 is 0 Å². The summed E-state index contributed by atoms with van der Waals surface area (Å²) in [5, 5.41) is 8.28. The van der Waals surface area contributed by atoms with Crippen LogP contribution in [0, 0.1) is 5.92 Å². The van der Waals surface area contributed by atoms with Crippen molar-refractivity contribution in [1.29, 1.82) is 0 Å². The van der Waals surface area contributed by atoms with Gasteiger partial charge in [-0.25, -0.2) is 0 Å². The molecule has 0 unspecified atom stereocenters. The zero-order chi connectivity index (χ0) is 17.8. The van der Waals surface area contributed by atoms with E-state index in [2.05, 4.69) is 35.9 Å². The maximum Gasteiger partial charge on any atom is 0.283 e. The Morgan fingerprint density at radius 3 is 2.38 bits per heavy atom. The molecule has 0 aliphatic carbocycles. The van der Waals surface area contributed by atoms with E-state index in [1.54, 1.807) is 0 Å². The average molecular weight is 423 g/mol. The zero-order valence-electron chi connectivity index (χ0n) is 15.2. The molecule has 0 amide bonds. The molecule has 142 valence electrons. The van der Waals surface area contributed by atoms with Crippen LogP contribution in [0.5, 0.6) is 0 Å². The fourth-order valence-electron chi connectivity index (χ4n) is 4.05. The van der Waals surface area contributed by atoms with Crippen LogP contribution in [0.3, 0.4) is 0 Å².